The van der Waals surface area contributed by atoms with E-state index in [9.17, 15) is 9.90 Å². The number of hydrogen-bond acceptors (Lipinski definition) is 4. The maximum Gasteiger partial charge on any atom is 0.323 e. The van der Waals surface area contributed by atoms with E-state index >= 15 is 0 Å². The Morgan fingerprint density at radius 3 is 2.65 bits per heavy atom. The van der Waals surface area contributed by atoms with Crippen molar-refractivity contribution >= 4 is 5.97 Å². The molecule has 1 heterocycles. The Kier molecular flexibility index (Phi) is 6.92. The lowest BCUT2D eigenvalue weighted by molar-refractivity contribution is -0.144. The van der Waals surface area contributed by atoms with Gasteiger partial charge in [0.25, 0.3) is 0 Å². The first kappa shape index (κ1) is 17.4. The topological polar surface area (TPSA) is 55.8 Å². The number of carboxylic acid groups (broad SMARTS) is 1. The molecule has 0 amide bonds. The predicted molar refractivity (Wildman–Crippen MR) is 82.1 cm³/mol. The Bertz CT molecular complexity index is 311. The first-order valence-electron chi connectivity index (χ1n) is 7.84. The van der Waals surface area contributed by atoms with Gasteiger partial charge in [0, 0.05) is 19.1 Å². The van der Waals surface area contributed by atoms with E-state index in [0.29, 0.717) is 19.0 Å². The highest BCUT2D eigenvalue weighted by molar-refractivity contribution is 5.78. The summed E-state index contributed by atoms with van der Waals surface area (Å²) in [5.74, 6) is -0.751. The second-order valence-corrected chi connectivity index (χ2v) is 6.13. The lowest BCUT2D eigenvalue weighted by atomic mass is 9.97. The summed E-state index contributed by atoms with van der Waals surface area (Å²) >= 11 is 0. The van der Waals surface area contributed by atoms with E-state index in [2.05, 4.69) is 29.1 Å². The molecular formula is C15H31N3O2. The van der Waals surface area contributed by atoms with E-state index in [1.54, 1.807) is 6.92 Å². The zero-order valence-electron chi connectivity index (χ0n) is 13.5. The minimum Gasteiger partial charge on any atom is -0.480 e. The number of rotatable bonds is 7. The minimum absolute atomic E-state index is 0.544. The summed E-state index contributed by atoms with van der Waals surface area (Å²) in [5, 5.41) is 12.5. The van der Waals surface area contributed by atoms with Gasteiger partial charge >= 0.3 is 5.97 Å². The van der Waals surface area contributed by atoms with Crippen LogP contribution in [-0.2, 0) is 4.79 Å². The van der Waals surface area contributed by atoms with Crippen LogP contribution in [0.15, 0.2) is 0 Å². The summed E-state index contributed by atoms with van der Waals surface area (Å²) in [4.78, 5) is 16.3. The van der Waals surface area contributed by atoms with Gasteiger partial charge in [-0.05, 0) is 52.9 Å². The van der Waals surface area contributed by atoms with E-state index in [4.69, 9.17) is 0 Å². The average molecular weight is 285 g/mol. The fourth-order valence-electron chi connectivity index (χ4n) is 3.00. The molecule has 2 unspecified atom stereocenters. The van der Waals surface area contributed by atoms with Gasteiger partial charge in [-0.3, -0.25) is 9.69 Å². The Balaban J connectivity index is 2.62. The first-order valence-corrected chi connectivity index (χ1v) is 7.84. The molecule has 0 spiro atoms. The van der Waals surface area contributed by atoms with Gasteiger partial charge in [-0.1, -0.05) is 13.8 Å². The summed E-state index contributed by atoms with van der Waals surface area (Å²) in [6.45, 7) is 10.8. The van der Waals surface area contributed by atoms with Gasteiger partial charge in [0.1, 0.15) is 5.54 Å². The van der Waals surface area contributed by atoms with Crippen LogP contribution >= 0.6 is 0 Å². The van der Waals surface area contributed by atoms with Crippen molar-refractivity contribution in [1.82, 2.24) is 15.1 Å². The number of likely N-dealkylation sites (N-methyl/N-ethyl adjacent to an activating group) is 2. The zero-order chi connectivity index (χ0) is 15.2. The minimum atomic E-state index is -0.814. The van der Waals surface area contributed by atoms with Crippen LogP contribution in [0.4, 0.5) is 0 Å². The Morgan fingerprint density at radius 2 is 2.10 bits per heavy atom. The predicted octanol–water partition coefficient (Wildman–Crippen LogP) is 1.25. The third-order valence-corrected chi connectivity index (χ3v) is 4.43. The van der Waals surface area contributed by atoms with Crippen LogP contribution in [-0.4, -0.2) is 72.2 Å². The molecule has 1 saturated heterocycles. The summed E-state index contributed by atoms with van der Waals surface area (Å²) in [6.07, 6.45) is 2.93. The molecule has 2 atom stereocenters. The van der Waals surface area contributed by atoms with Crippen molar-refractivity contribution in [3.8, 4) is 0 Å². The van der Waals surface area contributed by atoms with Crippen molar-refractivity contribution in [2.24, 2.45) is 0 Å². The van der Waals surface area contributed by atoms with Crippen LogP contribution < -0.4 is 5.32 Å². The van der Waals surface area contributed by atoms with Gasteiger partial charge in [-0.15, -0.1) is 0 Å². The van der Waals surface area contributed by atoms with E-state index in [0.717, 1.165) is 39.0 Å². The highest BCUT2D eigenvalue weighted by Gasteiger charge is 2.33. The van der Waals surface area contributed by atoms with Crippen molar-refractivity contribution in [3.63, 3.8) is 0 Å². The zero-order valence-corrected chi connectivity index (χ0v) is 13.5. The Labute approximate surface area is 123 Å². The van der Waals surface area contributed by atoms with E-state index < -0.39 is 11.5 Å². The molecule has 0 bridgehead atoms. The fraction of sp³-hybridized carbons (Fsp3) is 0.933. The first-order chi connectivity index (χ1) is 9.42. The number of carbonyl (C=O) groups is 1. The van der Waals surface area contributed by atoms with Gasteiger partial charge < -0.3 is 15.3 Å². The summed E-state index contributed by atoms with van der Waals surface area (Å²) in [5.41, 5.74) is -0.814. The highest BCUT2D eigenvalue weighted by atomic mass is 16.4. The van der Waals surface area contributed by atoms with Crippen LogP contribution in [0.2, 0.25) is 0 Å². The highest BCUT2D eigenvalue weighted by Crippen LogP contribution is 2.16. The van der Waals surface area contributed by atoms with E-state index in [1.807, 2.05) is 6.92 Å². The fourth-order valence-corrected chi connectivity index (χ4v) is 3.00. The molecule has 2 N–H and O–H groups in total. The van der Waals surface area contributed by atoms with Crippen molar-refractivity contribution in [1.29, 1.82) is 0 Å². The molecular weight excluding hydrogens is 254 g/mol. The molecule has 0 aromatic heterocycles. The van der Waals surface area contributed by atoms with Crippen LogP contribution in [0, 0.1) is 0 Å². The van der Waals surface area contributed by atoms with Crippen molar-refractivity contribution in [3.05, 3.63) is 0 Å². The maximum absolute atomic E-state index is 11.5. The molecule has 1 rings (SSSR count). The molecule has 5 nitrogen and oxygen atoms in total. The molecule has 1 aliphatic rings. The van der Waals surface area contributed by atoms with Crippen LogP contribution in [0.25, 0.3) is 0 Å². The van der Waals surface area contributed by atoms with Gasteiger partial charge in [0.15, 0.2) is 0 Å². The van der Waals surface area contributed by atoms with Crippen LogP contribution in [0.5, 0.6) is 0 Å². The Hall–Kier alpha value is -0.650. The summed E-state index contributed by atoms with van der Waals surface area (Å²) in [7, 11) is 2.17. The molecule has 0 aromatic carbocycles. The van der Waals surface area contributed by atoms with E-state index in [-0.39, 0.29) is 0 Å². The monoisotopic (exact) mass is 285 g/mol. The molecule has 0 saturated carbocycles. The van der Waals surface area contributed by atoms with Gasteiger partial charge in [0.2, 0.25) is 0 Å². The second kappa shape index (κ2) is 7.96. The number of carboxylic acids is 1. The van der Waals surface area contributed by atoms with Crippen molar-refractivity contribution in [2.45, 2.75) is 51.6 Å². The molecule has 0 radical (unpaired) electrons. The van der Waals surface area contributed by atoms with Crippen molar-refractivity contribution < 1.29 is 9.90 Å². The molecule has 0 aliphatic carbocycles. The molecule has 1 aliphatic heterocycles. The van der Waals surface area contributed by atoms with Gasteiger partial charge in [0.05, 0.1) is 0 Å². The summed E-state index contributed by atoms with van der Waals surface area (Å²) < 4.78 is 0. The number of nitrogens with zero attached hydrogens (tertiary/aromatic N) is 2. The molecule has 20 heavy (non-hydrogen) atoms. The number of hydrogen-bond donors (Lipinski definition) is 2. The number of aliphatic carboxylic acids is 1. The Morgan fingerprint density at radius 1 is 1.40 bits per heavy atom. The largest absolute Gasteiger partial charge is 0.480 e. The average Bonchev–Trinajstić information content (AvgIpc) is 2.57. The van der Waals surface area contributed by atoms with Gasteiger partial charge in [-0.25, -0.2) is 0 Å². The summed E-state index contributed by atoms with van der Waals surface area (Å²) in [6, 6.07) is 0.544. The van der Waals surface area contributed by atoms with Crippen LogP contribution in [0.3, 0.4) is 0 Å². The smallest absolute Gasteiger partial charge is 0.323 e. The quantitative estimate of drug-likeness (QED) is 0.737. The second-order valence-electron chi connectivity index (χ2n) is 6.13. The lowest BCUT2D eigenvalue weighted by Gasteiger charge is -2.33. The van der Waals surface area contributed by atoms with Crippen molar-refractivity contribution in [2.75, 3.05) is 39.8 Å². The third-order valence-electron chi connectivity index (χ3n) is 4.43. The molecule has 5 heteroatoms. The third kappa shape index (κ3) is 4.72. The van der Waals surface area contributed by atoms with Gasteiger partial charge in [-0.2, -0.15) is 0 Å². The molecule has 1 fully saturated rings. The normalized spacial score (nSPS) is 25.1. The van der Waals surface area contributed by atoms with E-state index in [1.165, 1.54) is 0 Å². The van der Waals surface area contributed by atoms with Crippen LogP contribution in [0.1, 0.15) is 40.0 Å². The maximum atomic E-state index is 11.5. The molecule has 118 valence electrons. The molecule has 0 aromatic rings. The SMILES string of the molecule is CCNC(C)(CCN1CCCN(C)CC1CC)C(=O)O. The number of nitrogens with one attached hydrogen (secondary N) is 1. The lowest BCUT2D eigenvalue weighted by Crippen LogP contribution is -2.52. The standard InChI is InChI=1S/C15H31N3O2/c1-5-13-12-17(4)9-7-10-18(13)11-8-15(3,14(19)20)16-6-2/h13,16H,5-12H2,1-4H3,(H,19,20).